The van der Waals surface area contributed by atoms with Crippen LogP contribution in [0, 0.1) is 11.3 Å². The van der Waals surface area contributed by atoms with E-state index in [-0.39, 0.29) is 30.3 Å². The minimum Gasteiger partial charge on any atom is -0.465 e. The van der Waals surface area contributed by atoms with E-state index in [2.05, 4.69) is 41.5 Å². The number of hydrogen-bond acceptors (Lipinski definition) is 5. The molecule has 1 saturated heterocycles. The SMILES string of the molecule is C=C1CC2COC(=O)C2(Cc2ccc(NC(=O)[C@H](Cc3ccccc3)NC(=O)OCC3c4ccccc4-c4ccccc43)cc2)C1. The molecule has 3 atom stereocenters. The summed E-state index contributed by atoms with van der Waals surface area (Å²) in [5.74, 6) is -0.414. The van der Waals surface area contributed by atoms with Gasteiger partial charge in [-0.1, -0.05) is 103 Å². The Bertz CT molecular complexity index is 1760. The molecule has 2 unspecified atom stereocenters. The van der Waals surface area contributed by atoms with Crippen LogP contribution < -0.4 is 10.6 Å². The van der Waals surface area contributed by atoms with E-state index >= 15 is 0 Å². The van der Waals surface area contributed by atoms with Crippen molar-refractivity contribution in [2.24, 2.45) is 11.3 Å². The van der Waals surface area contributed by atoms with Crippen molar-refractivity contribution in [1.82, 2.24) is 5.32 Å². The molecule has 0 bridgehead atoms. The molecule has 2 N–H and O–H groups in total. The molecule has 7 heteroatoms. The molecule has 46 heavy (non-hydrogen) atoms. The second kappa shape index (κ2) is 12.3. The van der Waals surface area contributed by atoms with E-state index < -0.39 is 17.6 Å². The monoisotopic (exact) mass is 612 g/mol. The number of esters is 1. The molecule has 0 aromatic heterocycles. The summed E-state index contributed by atoms with van der Waals surface area (Å²) in [5.41, 5.74) is 7.59. The average Bonchev–Trinajstić information content (AvgIpc) is 3.67. The highest BCUT2D eigenvalue weighted by molar-refractivity contribution is 5.96. The molecule has 4 aromatic rings. The number of rotatable bonds is 9. The number of fused-ring (bicyclic) bond motifs is 4. The molecule has 232 valence electrons. The first-order valence-corrected chi connectivity index (χ1v) is 15.8. The van der Waals surface area contributed by atoms with Crippen LogP contribution >= 0.6 is 0 Å². The van der Waals surface area contributed by atoms with Crippen molar-refractivity contribution < 1.29 is 23.9 Å². The molecule has 1 aliphatic heterocycles. The third-order valence-electron chi connectivity index (χ3n) is 9.68. The molecule has 2 amide bonds. The predicted molar refractivity (Wildman–Crippen MR) is 176 cm³/mol. The summed E-state index contributed by atoms with van der Waals surface area (Å²) < 4.78 is 11.2. The number of benzene rings is 4. The van der Waals surface area contributed by atoms with Crippen LogP contribution in [0.4, 0.5) is 10.5 Å². The summed E-state index contributed by atoms with van der Waals surface area (Å²) in [4.78, 5) is 39.5. The van der Waals surface area contributed by atoms with E-state index in [0.29, 0.717) is 31.6 Å². The summed E-state index contributed by atoms with van der Waals surface area (Å²) in [6.07, 6.45) is 1.69. The second-order valence-corrected chi connectivity index (χ2v) is 12.7. The van der Waals surface area contributed by atoms with Crippen LogP contribution in [0.25, 0.3) is 11.1 Å². The van der Waals surface area contributed by atoms with E-state index in [9.17, 15) is 14.4 Å². The van der Waals surface area contributed by atoms with Gasteiger partial charge in [-0.2, -0.15) is 0 Å². The fourth-order valence-corrected chi connectivity index (χ4v) is 7.40. The van der Waals surface area contributed by atoms with Gasteiger partial charge >= 0.3 is 12.1 Å². The van der Waals surface area contributed by atoms with Gasteiger partial charge in [0.2, 0.25) is 5.91 Å². The van der Waals surface area contributed by atoms with Crippen LogP contribution in [0.3, 0.4) is 0 Å². The van der Waals surface area contributed by atoms with Crippen LogP contribution in [0.2, 0.25) is 0 Å². The number of nitrogens with one attached hydrogen (secondary N) is 2. The van der Waals surface area contributed by atoms with E-state index in [4.69, 9.17) is 9.47 Å². The Balaban J connectivity index is 1.02. The molecule has 0 radical (unpaired) electrons. The first kappa shape index (κ1) is 29.5. The molecule has 7 nitrogen and oxygen atoms in total. The maximum atomic E-state index is 13.6. The Morgan fingerprint density at radius 3 is 2.22 bits per heavy atom. The highest BCUT2D eigenvalue weighted by atomic mass is 16.5. The standard InChI is InChI=1S/C39H36N2O5/c1-25-19-28-23-45-37(43)39(28,21-25)22-27-15-17-29(18-16-27)40-36(42)35(20-26-9-3-2-4-10-26)41-38(44)46-24-34-32-13-7-5-11-30(32)31-12-6-8-14-33(31)34/h2-18,28,34-35H,1,19-24H2,(H,40,42)(H,41,44)/t28?,35-,39?/m0/s1. The van der Waals surface area contributed by atoms with Crippen LogP contribution in [-0.4, -0.2) is 37.2 Å². The Kier molecular flexibility index (Phi) is 7.91. The first-order chi connectivity index (χ1) is 22.4. The van der Waals surface area contributed by atoms with Crippen molar-refractivity contribution in [1.29, 1.82) is 0 Å². The molecule has 1 saturated carbocycles. The van der Waals surface area contributed by atoms with Crippen molar-refractivity contribution in [2.75, 3.05) is 18.5 Å². The number of carbonyl (C=O) groups is 3. The summed E-state index contributed by atoms with van der Waals surface area (Å²) >= 11 is 0. The fraction of sp³-hybridized carbons (Fsp3) is 0.256. The number of hydrogen-bond donors (Lipinski definition) is 2. The number of ether oxygens (including phenoxy) is 2. The van der Waals surface area contributed by atoms with Gasteiger partial charge in [0.05, 0.1) is 12.0 Å². The quantitative estimate of drug-likeness (QED) is 0.160. The van der Waals surface area contributed by atoms with Gasteiger partial charge in [0.25, 0.3) is 0 Å². The highest BCUT2D eigenvalue weighted by Crippen LogP contribution is 2.52. The normalized spacial score (nSPS) is 20.3. The van der Waals surface area contributed by atoms with Gasteiger partial charge in [0.15, 0.2) is 0 Å². The van der Waals surface area contributed by atoms with Crippen LogP contribution in [0.1, 0.15) is 41.0 Å². The van der Waals surface area contributed by atoms with Crippen LogP contribution in [0.15, 0.2) is 115 Å². The predicted octanol–water partition coefficient (Wildman–Crippen LogP) is 6.83. The minimum absolute atomic E-state index is 0.0822. The highest BCUT2D eigenvalue weighted by Gasteiger charge is 2.55. The summed E-state index contributed by atoms with van der Waals surface area (Å²) in [7, 11) is 0. The Hall–Kier alpha value is -5.17. The molecule has 2 aliphatic carbocycles. The Labute approximate surface area is 268 Å². The van der Waals surface area contributed by atoms with Crippen molar-refractivity contribution in [2.45, 2.75) is 37.6 Å². The van der Waals surface area contributed by atoms with E-state index in [1.54, 1.807) is 0 Å². The zero-order valence-corrected chi connectivity index (χ0v) is 25.5. The van der Waals surface area contributed by atoms with Gasteiger partial charge in [-0.3, -0.25) is 9.59 Å². The average molecular weight is 613 g/mol. The number of amides is 2. The number of anilines is 1. The first-order valence-electron chi connectivity index (χ1n) is 15.8. The Morgan fingerprint density at radius 1 is 0.870 bits per heavy atom. The van der Waals surface area contributed by atoms with Gasteiger partial charge in [-0.15, -0.1) is 0 Å². The van der Waals surface area contributed by atoms with Gasteiger partial charge in [0.1, 0.15) is 12.6 Å². The molecule has 2 fully saturated rings. The maximum absolute atomic E-state index is 13.6. The number of allylic oxidation sites excluding steroid dienone is 1. The summed E-state index contributed by atoms with van der Waals surface area (Å²) in [6, 6.07) is 32.6. The largest absolute Gasteiger partial charge is 0.465 e. The lowest BCUT2D eigenvalue weighted by Gasteiger charge is -2.24. The van der Waals surface area contributed by atoms with Gasteiger partial charge in [0, 0.05) is 23.9 Å². The number of alkyl carbamates (subject to hydrolysis) is 1. The molecular formula is C39H36N2O5. The van der Waals surface area contributed by atoms with Gasteiger partial charge < -0.3 is 20.1 Å². The third kappa shape index (κ3) is 5.69. The van der Waals surface area contributed by atoms with Crippen molar-refractivity contribution in [3.8, 4) is 11.1 Å². The molecular weight excluding hydrogens is 576 g/mol. The summed E-state index contributed by atoms with van der Waals surface area (Å²) in [5, 5.41) is 5.77. The third-order valence-corrected chi connectivity index (χ3v) is 9.68. The maximum Gasteiger partial charge on any atom is 0.407 e. The van der Waals surface area contributed by atoms with Crippen LogP contribution in [-0.2, 0) is 31.9 Å². The zero-order valence-electron chi connectivity index (χ0n) is 25.5. The minimum atomic E-state index is -0.866. The molecule has 1 heterocycles. The summed E-state index contributed by atoms with van der Waals surface area (Å²) in [6.45, 7) is 4.73. The number of carbonyl (C=O) groups excluding carboxylic acids is 3. The van der Waals surface area contributed by atoms with Gasteiger partial charge in [-0.05, 0) is 64.8 Å². The lowest BCUT2D eigenvalue weighted by atomic mass is 9.75. The van der Waals surface area contributed by atoms with Crippen molar-refractivity contribution >= 4 is 23.7 Å². The second-order valence-electron chi connectivity index (χ2n) is 12.7. The molecule has 7 rings (SSSR count). The van der Waals surface area contributed by atoms with E-state index in [1.165, 1.54) is 0 Å². The Morgan fingerprint density at radius 2 is 1.52 bits per heavy atom. The smallest absolute Gasteiger partial charge is 0.407 e. The zero-order chi connectivity index (χ0) is 31.7. The van der Waals surface area contributed by atoms with Crippen molar-refractivity contribution in [3.63, 3.8) is 0 Å². The van der Waals surface area contributed by atoms with Crippen molar-refractivity contribution in [3.05, 3.63) is 138 Å². The lowest BCUT2D eigenvalue weighted by molar-refractivity contribution is -0.146. The van der Waals surface area contributed by atoms with Crippen LogP contribution in [0.5, 0.6) is 0 Å². The lowest BCUT2D eigenvalue weighted by Crippen LogP contribution is -2.45. The molecule has 0 spiro atoms. The fourth-order valence-electron chi connectivity index (χ4n) is 7.40. The van der Waals surface area contributed by atoms with E-state index in [0.717, 1.165) is 45.4 Å². The van der Waals surface area contributed by atoms with Gasteiger partial charge in [-0.25, -0.2) is 4.79 Å². The van der Waals surface area contributed by atoms with E-state index in [1.807, 2.05) is 78.9 Å². The molecule has 4 aromatic carbocycles. The number of cyclic esters (lactones) is 1. The topological polar surface area (TPSA) is 93.7 Å². The molecule has 3 aliphatic rings.